The molecule has 106 valence electrons. The van der Waals surface area contributed by atoms with Crippen LogP contribution in [-0.4, -0.2) is 11.1 Å². The summed E-state index contributed by atoms with van der Waals surface area (Å²) in [5, 5.41) is 0.581. The molecule has 3 N–H and O–H groups in total. The van der Waals surface area contributed by atoms with Crippen LogP contribution in [0.3, 0.4) is 0 Å². The number of hydrazine groups is 1. The maximum absolute atomic E-state index is 6.17. The van der Waals surface area contributed by atoms with E-state index in [1.807, 2.05) is 38.1 Å². The fraction of sp³-hybridized carbons (Fsp3) is 0.267. The number of nitrogens with two attached hydrogens (primary N) is 1. The molecule has 0 aliphatic carbocycles. The fourth-order valence-corrected chi connectivity index (χ4v) is 2.19. The first-order valence-corrected chi connectivity index (χ1v) is 6.82. The van der Waals surface area contributed by atoms with Crippen LogP contribution >= 0.6 is 11.6 Å². The summed E-state index contributed by atoms with van der Waals surface area (Å²) in [5.41, 5.74) is 4.43. The summed E-state index contributed by atoms with van der Waals surface area (Å²) < 4.78 is 5.62. The van der Waals surface area contributed by atoms with Gasteiger partial charge in [-0.25, -0.2) is 5.43 Å². The molecule has 20 heavy (non-hydrogen) atoms. The molecule has 2 rings (SSSR count). The lowest BCUT2D eigenvalue weighted by atomic mass is 10.0. The number of halogens is 1. The molecule has 0 saturated carbocycles. The maximum atomic E-state index is 6.17. The van der Waals surface area contributed by atoms with Crippen LogP contribution in [0.2, 0.25) is 5.02 Å². The van der Waals surface area contributed by atoms with Crippen molar-refractivity contribution in [2.75, 3.05) is 0 Å². The molecule has 0 saturated heterocycles. The SMILES string of the molecule is CC(C)Oc1ccc(C(NN)c2ncccc2Cl)cc1. The Hall–Kier alpha value is -1.62. The Labute approximate surface area is 123 Å². The van der Waals surface area contributed by atoms with Crippen LogP contribution in [0.25, 0.3) is 0 Å². The van der Waals surface area contributed by atoms with Crippen LogP contribution in [-0.2, 0) is 0 Å². The van der Waals surface area contributed by atoms with Crippen LogP contribution in [0.4, 0.5) is 0 Å². The minimum absolute atomic E-state index is 0.148. The van der Waals surface area contributed by atoms with Gasteiger partial charge in [0.05, 0.1) is 22.9 Å². The number of nitrogens with zero attached hydrogens (tertiary/aromatic N) is 1. The van der Waals surface area contributed by atoms with E-state index in [1.54, 1.807) is 18.3 Å². The zero-order valence-corrected chi connectivity index (χ0v) is 12.3. The van der Waals surface area contributed by atoms with Crippen molar-refractivity contribution in [3.8, 4) is 5.75 Å². The highest BCUT2D eigenvalue weighted by Gasteiger charge is 2.16. The number of benzene rings is 1. The molecule has 0 fully saturated rings. The summed E-state index contributed by atoms with van der Waals surface area (Å²) in [6, 6.07) is 11.1. The second-order valence-electron chi connectivity index (χ2n) is 4.71. The summed E-state index contributed by atoms with van der Waals surface area (Å²) >= 11 is 6.17. The average molecular weight is 292 g/mol. The molecular weight excluding hydrogens is 274 g/mol. The molecule has 0 radical (unpaired) electrons. The normalized spacial score (nSPS) is 12.4. The maximum Gasteiger partial charge on any atom is 0.119 e. The second-order valence-corrected chi connectivity index (χ2v) is 5.11. The molecule has 0 spiro atoms. The number of hydrogen-bond acceptors (Lipinski definition) is 4. The van der Waals surface area contributed by atoms with Gasteiger partial charge in [0.2, 0.25) is 0 Å². The predicted molar refractivity (Wildman–Crippen MR) is 80.6 cm³/mol. The summed E-state index contributed by atoms with van der Waals surface area (Å²) in [5.74, 6) is 6.47. The lowest BCUT2D eigenvalue weighted by Gasteiger charge is -2.18. The molecular formula is C15H18ClN3O. The van der Waals surface area contributed by atoms with Crippen molar-refractivity contribution in [3.05, 3.63) is 58.9 Å². The highest BCUT2D eigenvalue weighted by atomic mass is 35.5. The summed E-state index contributed by atoms with van der Waals surface area (Å²) in [7, 11) is 0. The Kier molecular flexibility index (Phi) is 4.95. The lowest BCUT2D eigenvalue weighted by Crippen LogP contribution is -2.29. The molecule has 5 heteroatoms. The molecule has 0 amide bonds. The Morgan fingerprint density at radius 1 is 1.20 bits per heavy atom. The van der Waals surface area contributed by atoms with Gasteiger partial charge in [-0.2, -0.15) is 0 Å². The zero-order valence-electron chi connectivity index (χ0n) is 11.5. The minimum Gasteiger partial charge on any atom is -0.491 e. The quantitative estimate of drug-likeness (QED) is 0.656. The highest BCUT2D eigenvalue weighted by Crippen LogP contribution is 2.27. The van der Waals surface area contributed by atoms with Crippen molar-refractivity contribution in [2.24, 2.45) is 5.84 Å². The minimum atomic E-state index is -0.253. The summed E-state index contributed by atoms with van der Waals surface area (Å²) in [4.78, 5) is 4.29. The Morgan fingerprint density at radius 2 is 1.90 bits per heavy atom. The molecule has 0 aliphatic rings. The molecule has 0 bridgehead atoms. The van der Waals surface area contributed by atoms with Crippen molar-refractivity contribution in [1.29, 1.82) is 0 Å². The van der Waals surface area contributed by atoms with Crippen molar-refractivity contribution in [2.45, 2.75) is 26.0 Å². The summed E-state index contributed by atoms with van der Waals surface area (Å²) in [6.45, 7) is 3.98. The van der Waals surface area contributed by atoms with E-state index in [1.165, 1.54) is 0 Å². The monoisotopic (exact) mass is 291 g/mol. The van der Waals surface area contributed by atoms with Crippen LogP contribution in [0.15, 0.2) is 42.6 Å². The van der Waals surface area contributed by atoms with E-state index in [0.29, 0.717) is 10.7 Å². The Morgan fingerprint density at radius 3 is 2.45 bits per heavy atom. The van der Waals surface area contributed by atoms with Crippen LogP contribution < -0.4 is 16.0 Å². The topological polar surface area (TPSA) is 60.2 Å². The van der Waals surface area contributed by atoms with Crippen LogP contribution in [0.1, 0.15) is 31.1 Å². The molecule has 1 aromatic carbocycles. The van der Waals surface area contributed by atoms with Crippen LogP contribution in [0.5, 0.6) is 5.75 Å². The number of rotatable bonds is 5. The first kappa shape index (κ1) is 14.8. The second kappa shape index (κ2) is 6.70. The van der Waals surface area contributed by atoms with Gasteiger partial charge in [0.25, 0.3) is 0 Å². The van der Waals surface area contributed by atoms with E-state index in [2.05, 4.69) is 10.4 Å². The van der Waals surface area contributed by atoms with Crippen LogP contribution in [0, 0.1) is 0 Å². The fourth-order valence-electron chi connectivity index (χ4n) is 1.95. The predicted octanol–water partition coefficient (Wildman–Crippen LogP) is 3.07. The first-order chi connectivity index (χ1) is 9.61. The van der Waals surface area contributed by atoms with E-state index < -0.39 is 0 Å². The van der Waals surface area contributed by atoms with Crippen molar-refractivity contribution in [1.82, 2.24) is 10.4 Å². The third kappa shape index (κ3) is 3.48. The van der Waals surface area contributed by atoms with E-state index >= 15 is 0 Å². The average Bonchev–Trinajstić information content (AvgIpc) is 2.43. The Bertz CT molecular complexity index is 557. The van der Waals surface area contributed by atoms with Crippen molar-refractivity contribution >= 4 is 11.6 Å². The third-order valence-corrected chi connectivity index (χ3v) is 3.13. The number of pyridine rings is 1. The molecule has 1 unspecified atom stereocenters. The summed E-state index contributed by atoms with van der Waals surface area (Å²) in [6.07, 6.45) is 1.84. The van der Waals surface area contributed by atoms with Gasteiger partial charge in [-0.15, -0.1) is 0 Å². The standard InChI is InChI=1S/C15H18ClN3O/c1-10(2)20-12-7-5-11(6-8-12)14(19-17)15-13(16)4-3-9-18-15/h3-10,14,19H,17H2,1-2H3. The van der Waals surface area contributed by atoms with Crippen molar-refractivity contribution in [3.63, 3.8) is 0 Å². The number of ether oxygens (including phenoxy) is 1. The van der Waals surface area contributed by atoms with Gasteiger partial charge >= 0.3 is 0 Å². The number of nitrogens with one attached hydrogen (secondary N) is 1. The highest BCUT2D eigenvalue weighted by molar-refractivity contribution is 6.31. The van der Waals surface area contributed by atoms with Gasteiger partial charge in [-0.3, -0.25) is 10.8 Å². The lowest BCUT2D eigenvalue weighted by molar-refractivity contribution is 0.242. The van der Waals surface area contributed by atoms with E-state index in [0.717, 1.165) is 11.3 Å². The van der Waals surface area contributed by atoms with Gasteiger partial charge in [0.1, 0.15) is 5.75 Å². The first-order valence-electron chi connectivity index (χ1n) is 6.45. The van der Waals surface area contributed by atoms with E-state index in [-0.39, 0.29) is 12.1 Å². The van der Waals surface area contributed by atoms with Gasteiger partial charge in [0, 0.05) is 6.20 Å². The zero-order chi connectivity index (χ0) is 14.5. The van der Waals surface area contributed by atoms with Gasteiger partial charge in [-0.1, -0.05) is 23.7 Å². The molecule has 0 aliphatic heterocycles. The molecule has 1 heterocycles. The Balaban J connectivity index is 2.26. The largest absolute Gasteiger partial charge is 0.491 e. The smallest absolute Gasteiger partial charge is 0.119 e. The van der Waals surface area contributed by atoms with Gasteiger partial charge in [-0.05, 0) is 43.7 Å². The number of aromatic nitrogens is 1. The molecule has 4 nitrogen and oxygen atoms in total. The third-order valence-electron chi connectivity index (χ3n) is 2.81. The van der Waals surface area contributed by atoms with Crippen molar-refractivity contribution < 1.29 is 4.74 Å². The molecule has 1 atom stereocenters. The number of hydrogen-bond donors (Lipinski definition) is 2. The van der Waals surface area contributed by atoms with Gasteiger partial charge in [0.15, 0.2) is 0 Å². The van der Waals surface area contributed by atoms with E-state index in [9.17, 15) is 0 Å². The molecule has 1 aromatic heterocycles. The molecule has 2 aromatic rings. The van der Waals surface area contributed by atoms with E-state index in [4.69, 9.17) is 22.2 Å². The van der Waals surface area contributed by atoms with Gasteiger partial charge < -0.3 is 4.74 Å².